The minimum Gasteiger partial charge on any atom is -0.352 e. The quantitative estimate of drug-likeness (QED) is 0.360. The van der Waals surface area contributed by atoms with Gasteiger partial charge in [0.25, 0.3) is 0 Å². The third-order valence-electron chi connectivity index (χ3n) is 4.27. The lowest BCUT2D eigenvalue weighted by molar-refractivity contribution is -0.116. The molecule has 1 amide bonds. The highest BCUT2D eigenvalue weighted by Gasteiger charge is 2.21. The van der Waals surface area contributed by atoms with Crippen molar-refractivity contribution in [1.29, 1.82) is 0 Å². The molecule has 1 aliphatic rings. The molecule has 7 heteroatoms. The van der Waals surface area contributed by atoms with Gasteiger partial charge in [-0.15, -0.1) is 24.0 Å². The van der Waals surface area contributed by atoms with Crippen molar-refractivity contribution in [3.63, 3.8) is 0 Å². The zero-order valence-electron chi connectivity index (χ0n) is 16.0. The van der Waals surface area contributed by atoms with Crippen LogP contribution in [0.25, 0.3) is 0 Å². The molecule has 0 spiro atoms. The summed E-state index contributed by atoms with van der Waals surface area (Å²) in [6.45, 7) is 7.09. The number of rotatable bonds is 6. The van der Waals surface area contributed by atoms with Gasteiger partial charge in [0.15, 0.2) is 5.96 Å². The molecule has 0 bridgehead atoms. The largest absolute Gasteiger partial charge is 0.352 e. The van der Waals surface area contributed by atoms with Crippen molar-refractivity contribution < 1.29 is 4.79 Å². The van der Waals surface area contributed by atoms with Gasteiger partial charge < -0.3 is 15.5 Å². The highest BCUT2D eigenvalue weighted by atomic mass is 127. The second-order valence-corrected chi connectivity index (χ2v) is 7.65. The van der Waals surface area contributed by atoms with Crippen molar-refractivity contribution in [3.8, 4) is 0 Å². The van der Waals surface area contributed by atoms with E-state index in [0.29, 0.717) is 11.7 Å². The number of thioether (sulfide) groups is 1. The van der Waals surface area contributed by atoms with Crippen molar-refractivity contribution in [2.75, 3.05) is 31.2 Å². The maximum atomic E-state index is 11.6. The topological polar surface area (TPSA) is 56.7 Å². The number of amides is 1. The Balaban J connectivity index is 0.00000338. The molecule has 1 aromatic carbocycles. The summed E-state index contributed by atoms with van der Waals surface area (Å²) in [7, 11) is 1.84. The standard InChI is InChI=1S/C19H30N4OS.HI/c1-4-6-18(24)22-16-9-7-15(8-10-16)13-21-19(20-3)23-11-12-25-17(5-2)14-23;/h7-10,17H,4-6,11-14H2,1-3H3,(H,20,21)(H,22,24);1H. The average molecular weight is 490 g/mol. The minimum atomic E-state index is 0. The van der Waals surface area contributed by atoms with Crippen molar-refractivity contribution in [2.45, 2.75) is 44.9 Å². The molecule has 2 N–H and O–H groups in total. The Morgan fingerprint density at radius 2 is 2.04 bits per heavy atom. The minimum absolute atomic E-state index is 0. The summed E-state index contributed by atoms with van der Waals surface area (Å²) in [5.41, 5.74) is 2.03. The van der Waals surface area contributed by atoms with Gasteiger partial charge in [0, 0.05) is 49.8 Å². The van der Waals surface area contributed by atoms with Crippen LogP contribution in [-0.2, 0) is 11.3 Å². The molecule has 1 unspecified atom stereocenters. The highest BCUT2D eigenvalue weighted by Crippen LogP contribution is 2.21. The van der Waals surface area contributed by atoms with E-state index in [0.717, 1.165) is 43.5 Å². The van der Waals surface area contributed by atoms with E-state index in [4.69, 9.17) is 0 Å². The van der Waals surface area contributed by atoms with Crippen LogP contribution >= 0.6 is 35.7 Å². The maximum Gasteiger partial charge on any atom is 0.224 e. The van der Waals surface area contributed by atoms with Gasteiger partial charge >= 0.3 is 0 Å². The summed E-state index contributed by atoms with van der Waals surface area (Å²) in [5, 5.41) is 7.07. The Bertz CT molecular complexity index is 579. The first-order chi connectivity index (χ1) is 12.2. The molecule has 1 atom stereocenters. The number of guanidine groups is 1. The number of hydrogen-bond acceptors (Lipinski definition) is 3. The van der Waals surface area contributed by atoms with Crippen LogP contribution in [0.5, 0.6) is 0 Å². The zero-order chi connectivity index (χ0) is 18.1. The van der Waals surface area contributed by atoms with Crippen LogP contribution in [0.2, 0.25) is 0 Å². The molecule has 1 fully saturated rings. The van der Waals surface area contributed by atoms with Gasteiger partial charge in [-0.3, -0.25) is 9.79 Å². The third kappa shape index (κ3) is 7.34. The van der Waals surface area contributed by atoms with Gasteiger partial charge in [-0.2, -0.15) is 11.8 Å². The first-order valence-electron chi connectivity index (χ1n) is 9.12. The number of carbonyl (C=O) groups excluding carboxylic acids is 1. The summed E-state index contributed by atoms with van der Waals surface area (Å²) in [6, 6.07) is 8.00. The van der Waals surface area contributed by atoms with Crippen LogP contribution in [0.4, 0.5) is 5.69 Å². The molecule has 146 valence electrons. The predicted molar refractivity (Wildman–Crippen MR) is 124 cm³/mol. The molecule has 5 nitrogen and oxygen atoms in total. The number of anilines is 1. The molecule has 1 heterocycles. The average Bonchev–Trinajstić information content (AvgIpc) is 2.64. The zero-order valence-corrected chi connectivity index (χ0v) is 19.1. The van der Waals surface area contributed by atoms with Gasteiger partial charge in [-0.25, -0.2) is 0 Å². The number of nitrogens with zero attached hydrogens (tertiary/aromatic N) is 2. The number of aliphatic imine (C=N–C) groups is 1. The molecule has 0 aromatic heterocycles. The van der Waals surface area contributed by atoms with Crippen molar-refractivity contribution in [2.24, 2.45) is 4.99 Å². The summed E-state index contributed by atoms with van der Waals surface area (Å²) in [6.07, 6.45) is 2.62. The van der Waals surface area contributed by atoms with Crippen molar-refractivity contribution in [1.82, 2.24) is 10.2 Å². The molecule has 1 aromatic rings. The van der Waals surface area contributed by atoms with Gasteiger partial charge in [0.1, 0.15) is 0 Å². The summed E-state index contributed by atoms with van der Waals surface area (Å²) >= 11 is 2.06. The second kappa shape index (κ2) is 12.4. The van der Waals surface area contributed by atoms with E-state index in [-0.39, 0.29) is 29.9 Å². The fourth-order valence-corrected chi connectivity index (χ4v) is 4.01. The molecule has 0 radical (unpaired) electrons. The molecule has 0 saturated carbocycles. The summed E-state index contributed by atoms with van der Waals surface area (Å²) in [5.74, 6) is 2.20. The molecular weight excluding hydrogens is 459 g/mol. The third-order valence-corrected chi connectivity index (χ3v) is 5.64. The van der Waals surface area contributed by atoms with E-state index in [2.05, 4.69) is 39.2 Å². The van der Waals surface area contributed by atoms with E-state index in [1.165, 1.54) is 12.0 Å². The Hall–Kier alpha value is -0.960. The lowest BCUT2D eigenvalue weighted by Gasteiger charge is -2.34. The summed E-state index contributed by atoms with van der Waals surface area (Å²) < 4.78 is 0. The summed E-state index contributed by atoms with van der Waals surface area (Å²) in [4.78, 5) is 18.4. The Morgan fingerprint density at radius 1 is 1.31 bits per heavy atom. The van der Waals surface area contributed by atoms with Crippen LogP contribution in [0.3, 0.4) is 0 Å². The van der Waals surface area contributed by atoms with Gasteiger partial charge in [0.2, 0.25) is 5.91 Å². The molecule has 2 rings (SSSR count). The van der Waals surface area contributed by atoms with Gasteiger partial charge in [0.05, 0.1) is 0 Å². The molecule has 1 aliphatic heterocycles. The predicted octanol–water partition coefficient (Wildman–Crippen LogP) is 3.95. The number of nitrogens with one attached hydrogen (secondary N) is 2. The van der Waals surface area contributed by atoms with Crippen molar-refractivity contribution >= 4 is 53.3 Å². The molecule has 1 saturated heterocycles. The lowest BCUT2D eigenvalue weighted by Crippen LogP contribution is -2.47. The first-order valence-corrected chi connectivity index (χ1v) is 10.2. The fourth-order valence-electron chi connectivity index (χ4n) is 2.83. The molecule has 26 heavy (non-hydrogen) atoms. The van der Waals surface area contributed by atoms with E-state index in [9.17, 15) is 4.79 Å². The highest BCUT2D eigenvalue weighted by molar-refractivity contribution is 14.0. The van der Waals surface area contributed by atoms with Crippen LogP contribution in [0.15, 0.2) is 29.3 Å². The smallest absolute Gasteiger partial charge is 0.224 e. The molecular formula is C19H31IN4OS. The van der Waals surface area contributed by atoms with Gasteiger partial charge in [-0.05, 0) is 30.5 Å². The van der Waals surface area contributed by atoms with E-state index < -0.39 is 0 Å². The Labute approximate surface area is 178 Å². The Kier molecular flexibility index (Phi) is 11.0. The first kappa shape index (κ1) is 23.1. The van der Waals surface area contributed by atoms with E-state index in [1.54, 1.807) is 0 Å². The lowest BCUT2D eigenvalue weighted by atomic mass is 10.2. The molecule has 0 aliphatic carbocycles. The SMILES string of the molecule is CCCC(=O)Nc1ccc(CNC(=NC)N2CCSC(CC)C2)cc1.I. The number of halogens is 1. The second-order valence-electron chi connectivity index (χ2n) is 6.24. The monoisotopic (exact) mass is 490 g/mol. The Morgan fingerprint density at radius 3 is 2.65 bits per heavy atom. The number of benzene rings is 1. The van der Waals surface area contributed by atoms with Crippen LogP contribution in [0, 0.1) is 0 Å². The van der Waals surface area contributed by atoms with E-state index in [1.807, 2.05) is 38.2 Å². The van der Waals surface area contributed by atoms with Crippen LogP contribution in [0.1, 0.15) is 38.7 Å². The maximum absolute atomic E-state index is 11.6. The fraction of sp³-hybridized carbons (Fsp3) is 0.579. The number of hydrogen-bond donors (Lipinski definition) is 2. The normalized spacial score (nSPS) is 17.4. The van der Waals surface area contributed by atoms with Crippen molar-refractivity contribution in [3.05, 3.63) is 29.8 Å². The van der Waals surface area contributed by atoms with Gasteiger partial charge in [-0.1, -0.05) is 26.0 Å². The van der Waals surface area contributed by atoms with Crippen LogP contribution < -0.4 is 10.6 Å². The van der Waals surface area contributed by atoms with Crippen LogP contribution in [-0.4, -0.2) is 47.9 Å². The number of carbonyl (C=O) groups is 1. The van der Waals surface area contributed by atoms with E-state index >= 15 is 0 Å².